The Morgan fingerprint density at radius 2 is 0.487 bits per heavy atom. The Hall–Kier alpha value is -4.45. The summed E-state index contributed by atoms with van der Waals surface area (Å²) in [5, 5.41) is 0. The summed E-state index contributed by atoms with van der Waals surface area (Å²) < 4.78 is 16.9. The molecule has 1 unspecified atom stereocenters. The first kappa shape index (κ1) is 75.5. The molecule has 0 aliphatic carbocycles. The highest BCUT2D eigenvalue weighted by Gasteiger charge is 2.19. The summed E-state index contributed by atoms with van der Waals surface area (Å²) in [6.07, 6.45) is 94.7. The summed E-state index contributed by atoms with van der Waals surface area (Å²) >= 11 is 0. The van der Waals surface area contributed by atoms with Gasteiger partial charge in [-0.25, -0.2) is 0 Å². The van der Waals surface area contributed by atoms with Gasteiger partial charge in [-0.05, 0) is 122 Å². The fourth-order valence-electron chi connectivity index (χ4n) is 8.94. The van der Waals surface area contributed by atoms with E-state index in [1.807, 2.05) is 0 Å². The second-order valence-corrected chi connectivity index (χ2v) is 21.6. The molecule has 0 N–H and O–H groups in total. The van der Waals surface area contributed by atoms with Crippen LogP contribution in [0.5, 0.6) is 0 Å². The molecule has 0 rings (SSSR count). The van der Waals surface area contributed by atoms with Crippen LogP contribution in [0.25, 0.3) is 0 Å². The Balaban J connectivity index is 4.34. The zero-order valence-corrected chi connectivity index (χ0v) is 52.0. The van der Waals surface area contributed by atoms with Crippen LogP contribution in [0.15, 0.2) is 134 Å². The van der Waals surface area contributed by atoms with Crippen LogP contribution in [0.1, 0.15) is 297 Å². The molecule has 80 heavy (non-hydrogen) atoms. The average Bonchev–Trinajstić information content (AvgIpc) is 3.46. The van der Waals surface area contributed by atoms with E-state index in [1.165, 1.54) is 128 Å². The monoisotopic (exact) mass is 1110 g/mol. The normalized spacial score (nSPS) is 13.0. The van der Waals surface area contributed by atoms with Gasteiger partial charge in [0.15, 0.2) is 6.10 Å². The van der Waals surface area contributed by atoms with Gasteiger partial charge in [-0.15, -0.1) is 0 Å². The summed E-state index contributed by atoms with van der Waals surface area (Å²) in [4.78, 5) is 38.3. The van der Waals surface area contributed by atoms with Crippen LogP contribution in [-0.2, 0) is 28.6 Å². The van der Waals surface area contributed by atoms with Crippen LogP contribution in [0.3, 0.4) is 0 Å². The van der Waals surface area contributed by atoms with E-state index in [0.29, 0.717) is 19.3 Å². The van der Waals surface area contributed by atoms with Crippen LogP contribution in [-0.4, -0.2) is 37.2 Å². The minimum atomic E-state index is -0.797. The number of esters is 3. The van der Waals surface area contributed by atoms with Crippen molar-refractivity contribution >= 4 is 17.9 Å². The highest BCUT2D eigenvalue weighted by atomic mass is 16.6. The summed E-state index contributed by atoms with van der Waals surface area (Å²) in [6, 6.07) is 0. The Bertz CT molecular complexity index is 1700. The number of allylic oxidation sites excluding steroid dienone is 22. The van der Waals surface area contributed by atoms with E-state index in [0.717, 1.165) is 128 Å². The zero-order valence-electron chi connectivity index (χ0n) is 52.0. The van der Waals surface area contributed by atoms with Crippen molar-refractivity contribution in [1.82, 2.24) is 0 Å². The molecule has 0 amide bonds. The van der Waals surface area contributed by atoms with Crippen LogP contribution in [0.4, 0.5) is 0 Å². The molecule has 0 bridgehead atoms. The lowest BCUT2D eigenvalue weighted by Crippen LogP contribution is -2.30. The van der Waals surface area contributed by atoms with E-state index >= 15 is 0 Å². The quantitative estimate of drug-likeness (QED) is 0.0261. The van der Waals surface area contributed by atoms with Gasteiger partial charge in [-0.2, -0.15) is 0 Å². The number of carbonyl (C=O) groups excluding carboxylic acids is 3. The lowest BCUT2D eigenvalue weighted by Gasteiger charge is -2.18. The smallest absolute Gasteiger partial charge is 0.306 e. The lowest BCUT2D eigenvalue weighted by atomic mass is 10.1. The minimum Gasteiger partial charge on any atom is -0.462 e. The molecule has 454 valence electrons. The maximum absolute atomic E-state index is 12.9. The van der Waals surface area contributed by atoms with Crippen molar-refractivity contribution in [2.75, 3.05) is 13.2 Å². The van der Waals surface area contributed by atoms with Crippen LogP contribution in [0.2, 0.25) is 0 Å². The van der Waals surface area contributed by atoms with Crippen molar-refractivity contribution < 1.29 is 28.6 Å². The third-order valence-corrected chi connectivity index (χ3v) is 13.9. The van der Waals surface area contributed by atoms with Crippen LogP contribution < -0.4 is 0 Å². The van der Waals surface area contributed by atoms with Crippen LogP contribution in [0, 0.1) is 0 Å². The molecule has 0 saturated heterocycles. The number of rotatable bonds is 59. The van der Waals surface area contributed by atoms with E-state index in [2.05, 4.69) is 154 Å². The van der Waals surface area contributed by atoms with Crippen molar-refractivity contribution in [2.24, 2.45) is 0 Å². The predicted octanol–water partition coefficient (Wildman–Crippen LogP) is 22.9. The maximum atomic E-state index is 12.9. The number of hydrogen-bond donors (Lipinski definition) is 0. The Morgan fingerprint density at radius 1 is 0.263 bits per heavy atom. The molecule has 0 aromatic rings. The van der Waals surface area contributed by atoms with Gasteiger partial charge in [0, 0.05) is 19.3 Å². The topological polar surface area (TPSA) is 78.9 Å². The number of ether oxygens (including phenoxy) is 3. The van der Waals surface area contributed by atoms with Gasteiger partial charge < -0.3 is 14.2 Å². The molecule has 6 heteroatoms. The molecule has 6 nitrogen and oxygen atoms in total. The van der Waals surface area contributed by atoms with Crippen molar-refractivity contribution in [3.63, 3.8) is 0 Å². The molecule has 0 saturated carbocycles. The van der Waals surface area contributed by atoms with E-state index in [-0.39, 0.29) is 31.1 Å². The molecular weight excluding hydrogens is 985 g/mol. The second-order valence-electron chi connectivity index (χ2n) is 21.6. The number of carbonyl (C=O) groups is 3. The lowest BCUT2D eigenvalue weighted by molar-refractivity contribution is -0.167. The van der Waals surface area contributed by atoms with Gasteiger partial charge >= 0.3 is 17.9 Å². The minimum absolute atomic E-state index is 0.0914. The molecule has 0 fully saturated rings. The van der Waals surface area contributed by atoms with E-state index in [1.54, 1.807) is 0 Å². The fraction of sp³-hybridized carbons (Fsp3) is 0.662. The van der Waals surface area contributed by atoms with Crippen molar-refractivity contribution in [2.45, 2.75) is 303 Å². The molecule has 0 heterocycles. The van der Waals surface area contributed by atoms with Crippen LogP contribution >= 0.6 is 0 Å². The first-order valence-corrected chi connectivity index (χ1v) is 33.2. The van der Waals surface area contributed by atoms with Gasteiger partial charge in [-0.3, -0.25) is 14.4 Å². The van der Waals surface area contributed by atoms with E-state index in [9.17, 15) is 14.4 Å². The van der Waals surface area contributed by atoms with Gasteiger partial charge in [-0.1, -0.05) is 289 Å². The maximum Gasteiger partial charge on any atom is 0.306 e. The molecule has 0 aliphatic heterocycles. The van der Waals surface area contributed by atoms with Crippen molar-refractivity contribution in [1.29, 1.82) is 0 Å². The highest BCUT2D eigenvalue weighted by Crippen LogP contribution is 2.15. The summed E-state index contributed by atoms with van der Waals surface area (Å²) in [5.41, 5.74) is 0. The molecule has 0 aromatic carbocycles. The van der Waals surface area contributed by atoms with Crippen molar-refractivity contribution in [3.8, 4) is 0 Å². The Kier molecular flexibility index (Phi) is 63.3. The molecule has 0 aromatic heterocycles. The second kappa shape index (κ2) is 67.1. The van der Waals surface area contributed by atoms with Gasteiger partial charge in [0.05, 0.1) is 0 Å². The molecule has 0 radical (unpaired) electrons. The van der Waals surface area contributed by atoms with E-state index in [4.69, 9.17) is 14.2 Å². The zero-order chi connectivity index (χ0) is 57.8. The molecule has 1 atom stereocenters. The fourth-order valence-corrected chi connectivity index (χ4v) is 8.94. The first-order valence-electron chi connectivity index (χ1n) is 33.2. The third-order valence-electron chi connectivity index (χ3n) is 13.9. The Labute approximate surface area is 494 Å². The average molecular weight is 1110 g/mol. The van der Waals surface area contributed by atoms with E-state index < -0.39 is 6.10 Å². The summed E-state index contributed by atoms with van der Waals surface area (Å²) in [7, 11) is 0. The highest BCUT2D eigenvalue weighted by molar-refractivity contribution is 5.71. The van der Waals surface area contributed by atoms with Gasteiger partial charge in [0.25, 0.3) is 0 Å². The summed E-state index contributed by atoms with van der Waals surface area (Å²) in [6.45, 7) is 6.48. The SMILES string of the molecule is CC/C=C\C/C=C\C/C=C\C/C=C\C/C=C\C/C=C\C/C=C\C/C=C\C/C=C\CCCCCC(=O)OCC(COC(=O)CCCCCCCCCCCC)OC(=O)CCCCCCCCCCC/C=C\C/C=C\CCCCCCC. The van der Waals surface area contributed by atoms with Gasteiger partial charge in [0.1, 0.15) is 13.2 Å². The molecule has 0 spiro atoms. The van der Waals surface area contributed by atoms with Crippen molar-refractivity contribution in [3.05, 3.63) is 134 Å². The number of hydrogen-bond acceptors (Lipinski definition) is 6. The standard InChI is InChI=1S/C74H122O6/c1-4-7-10-13-16-19-22-24-26-28-30-32-33-34-35-36-37-38-39-40-41-43-44-46-48-50-52-55-58-61-64-67-73(76)79-70-71(69-78-72(75)66-63-60-57-54-21-18-15-12-9-6-3)80-74(77)68-65-62-59-56-53-51-49-47-45-42-31-29-27-25-23-20-17-14-11-8-5-2/h7,10,16,19,23-26,29-32,34-35,37-38,40-41,44,46,50,52,71H,4-6,8-9,11-15,17-18,20-22,27-28,33,36,39,42-43,45,47-49,51,53-70H2,1-3H3/b10-7-,19-16-,25-23-,26-24-,31-29-,32-30-,35-34-,38-37-,41-40-,46-44-,52-50-. The third kappa shape index (κ3) is 64.4. The molecular formula is C74H122O6. The van der Waals surface area contributed by atoms with Gasteiger partial charge in [0.2, 0.25) is 0 Å². The largest absolute Gasteiger partial charge is 0.462 e. The number of unbranched alkanes of at least 4 members (excludes halogenated alkanes) is 26. The molecule has 0 aliphatic rings. The predicted molar refractivity (Wildman–Crippen MR) is 348 cm³/mol. The Morgan fingerprint density at radius 3 is 0.775 bits per heavy atom. The summed E-state index contributed by atoms with van der Waals surface area (Å²) in [5.74, 6) is -0.928. The first-order chi connectivity index (χ1) is 39.5.